The molecule has 2 amide bonds. The van der Waals surface area contributed by atoms with E-state index < -0.39 is 0 Å². The molecule has 4 rings (SSSR count). The van der Waals surface area contributed by atoms with Crippen molar-refractivity contribution < 1.29 is 18.5 Å². The Bertz CT molecular complexity index is 1140. The zero-order chi connectivity index (χ0) is 23.4. The van der Waals surface area contributed by atoms with E-state index in [9.17, 15) is 9.59 Å². The van der Waals surface area contributed by atoms with E-state index in [2.05, 4.69) is 15.5 Å². The van der Waals surface area contributed by atoms with Gasteiger partial charge >= 0.3 is 0 Å². The van der Waals surface area contributed by atoms with Gasteiger partial charge in [-0.25, -0.2) is 4.98 Å². The maximum Gasteiger partial charge on any atom is 0.239 e. The van der Waals surface area contributed by atoms with Crippen LogP contribution in [0.2, 0.25) is 10.0 Å². The lowest BCUT2D eigenvalue weighted by atomic mass is 10.2. The number of oxazole rings is 1. The second kappa shape index (κ2) is 10.4. The van der Waals surface area contributed by atoms with Crippen molar-refractivity contribution in [1.29, 1.82) is 0 Å². The van der Waals surface area contributed by atoms with Crippen molar-refractivity contribution in [2.75, 3.05) is 38.0 Å². The quantitative estimate of drug-likeness (QED) is 0.537. The number of aromatic nitrogens is 2. The van der Waals surface area contributed by atoms with Crippen LogP contribution in [0.25, 0.3) is 11.3 Å². The fraction of sp³-hybridized carbons (Fsp3) is 0.364. The number of hydrogen-bond donors (Lipinski definition) is 1. The summed E-state index contributed by atoms with van der Waals surface area (Å²) in [4.78, 5) is 32.8. The van der Waals surface area contributed by atoms with Gasteiger partial charge in [-0.1, -0.05) is 28.4 Å². The largest absolute Gasteiger partial charge is 0.441 e. The Morgan fingerprint density at radius 2 is 1.94 bits per heavy atom. The van der Waals surface area contributed by atoms with Crippen molar-refractivity contribution in [2.24, 2.45) is 0 Å². The summed E-state index contributed by atoms with van der Waals surface area (Å²) in [6.07, 6.45) is 2.28. The van der Waals surface area contributed by atoms with Gasteiger partial charge in [-0.3, -0.25) is 14.5 Å². The first-order chi connectivity index (χ1) is 15.9. The number of amides is 2. The topological polar surface area (TPSA) is 105 Å². The van der Waals surface area contributed by atoms with E-state index in [0.717, 1.165) is 0 Å². The van der Waals surface area contributed by atoms with Gasteiger partial charge in [0, 0.05) is 55.7 Å². The molecule has 3 heterocycles. The normalized spacial score (nSPS) is 14.5. The predicted molar refractivity (Wildman–Crippen MR) is 123 cm³/mol. The number of anilines is 1. The number of halogens is 2. The Labute approximate surface area is 200 Å². The van der Waals surface area contributed by atoms with E-state index in [1.807, 2.05) is 4.90 Å². The van der Waals surface area contributed by atoms with Crippen molar-refractivity contribution in [2.45, 2.75) is 19.8 Å². The molecule has 3 aromatic rings. The van der Waals surface area contributed by atoms with Crippen LogP contribution in [0.1, 0.15) is 18.1 Å². The Hall–Kier alpha value is -2.88. The van der Waals surface area contributed by atoms with Crippen LogP contribution in [0.3, 0.4) is 0 Å². The van der Waals surface area contributed by atoms with Crippen LogP contribution < -0.4 is 5.32 Å². The third-order valence-electron chi connectivity index (χ3n) is 5.29. The van der Waals surface area contributed by atoms with Crippen molar-refractivity contribution >= 4 is 40.8 Å². The molecule has 0 saturated carbocycles. The lowest BCUT2D eigenvalue weighted by molar-refractivity contribution is -0.133. The average Bonchev–Trinajstić information content (AvgIpc) is 3.41. The Morgan fingerprint density at radius 3 is 2.64 bits per heavy atom. The van der Waals surface area contributed by atoms with E-state index in [4.69, 9.17) is 32.1 Å². The summed E-state index contributed by atoms with van der Waals surface area (Å²) in [5, 5.41) is 7.47. The number of nitrogens with one attached hydrogen (secondary N) is 1. The summed E-state index contributed by atoms with van der Waals surface area (Å²) in [5.41, 5.74) is 0.699. The molecule has 1 aromatic carbocycles. The van der Waals surface area contributed by atoms with Crippen molar-refractivity contribution in [3.05, 3.63) is 52.2 Å². The number of rotatable bonds is 7. The van der Waals surface area contributed by atoms with Crippen LogP contribution >= 0.6 is 23.2 Å². The van der Waals surface area contributed by atoms with Crippen LogP contribution in [0, 0.1) is 6.92 Å². The van der Waals surface area contributed by atoms with Gasteiger partial charge in [-0.15, -0.1) is 0 Å². The fourth-order valence-corrected chi connectivity index (χ4v) is 4.08. The first kappa shape index (κ1) is 23.3. The maximum atomic E-state index is 12.6. The molecule has 0 aliphatic carbocycles. The van der Waals surface area contributed by atoms with Crippen LogP contribution in [-0.2, 0) is 16.0 Å². The molecule has 1 fully saturated rings. The molecule has 174 valence electrons. The second-order valence-electron chi connectivity index (χ2n) is 7.77. The van der Waals surface area contributed by atoms with Crippen LogP contribution in [0.15, 0.2) is 39.4 Å². The lowest BCUT2D eigenvalue weighted by Crippen LogP contribution is -2.50. The first-order valence-electron chi connectivity index (χ1n) is 10.5. The Balaban J connectivity index is 1.21. The van der Waals surface area contributed by atoms with E-state index in [0.29, 0.717) is 77.9 Å². The smallest absolute Gasteiger partial charge is 0.239 e. The molecule has 1 N–H and O–H groups in total. The number of benzene rings is 1. The molecule has 2 aromatic heterocycles. The second-order valence-corrected chi connectivity index (χ2v) is 8.61. The molecular formula is C22H23Cl2N5O4. The van der Waals surface area contributed by atoms with E-state index >= 15 is 0 Å². The molecule has 1 aliphatic heterocycles. The summed E-state index contributed by atoms with van der Waals surface area (Å²) in [6, 6.07) is 6.80. The minimum atomic E-state index is -0.163. The van der Waals surface area contributed by atoms with Gasteiger partial charge in [0.2, 0.25) is 11.8 Å². The number of piperazine rings is 1. The van der Waals surface area contributed by atoms with Crippen molar-refractivity contribution in [3.8, 4) is 11.3 Å². The molecule has 0 atom stereocenters. The van der Waals surface area contributed by atoms with Gasteiger partial charge in [0.1, 0.15) is 5.76 Å². The average molecular weight is 492 g/mol. The highest BCUT2D eigenvalue weighted by Crippen LogP contribution is 2.30. The highest BCUT2D eigenvalue weighted by atomic mass is 35.5. The van der Waals surface area contributed by atoms with Gasteiger partial charge in [0.05, 0.1) is 17.8 Å². The van der Waals surface area contributed by atoms with Gasteiger partial charge < -0.3 is 19.2 Å². The molecule has 11 heteroatoms. The van der Waals surface area contributed by atoms with Gasteiger partial charge in [-0.2, -0.15) is 0 Å². The van der Waals surface area contributed by atoms with Crippen LogP contribution in [0.5, 0.6) is 0 Å². The molecule has 9 nitrogen and oxygen atoms in total. The minimum absolute atomic E-state index is 0.0291. The Kier molecular flexibility index (Phi) is 7.32. The van der Waals surface area contributed by atoms with E-state index in [-0.39, 0.29) is 18.4 Å². The number of aryl methyl sites for hydroxylation is 2. The first-order valence-corrected chi connectivity index (χ1v) is 11.3. The molecule has 0 spiro atoms. The number of carbonyl (C=O) groups excluding carboxylic acids is 2. The third kappa shape index (κ3) is 6.13. The maximum absolute atomic E-state index is 12.6. The molecular weight excluding hydrogens is 469 g/mol. The molecule has 33 heavy (non-hydrogen) atoms. The molecule has 0 radical (unpaired) electrons. The summed E-state index contributed by atoms with van der Waals surface area (Å²) >= 11 is 12.2. The minimum Gasteiger partial charge on any atom is -0.441 e. The Morgan fingerprint density at radius 1 is 1.15 bits per heavy atom. The van der Waals surface area contributed by atoms with Crippen molar-refractivity contribution in [3.63, 3.8) is 0 Å². The highest BCUT2D eigenvalue weighted by Gasteiger charge is 2.23. The van der Waals surface area contributed by atoms with E-state index in [1.54, 1.807) is 42.3 Å². The number of nitrogens with zero attached hydrogens (tertiary/aromatic N) is 4. The number of carbonyl (C=O) groups is 2. The molecule has 0 bridgehead atoms. The predicted octanol–water partition coefficient (Wildman–Crippen LogP) is 3.66. The molecule has 1 aliphatic rings. The summed E-state index contributed by atoms with van der Waals surface area (Å²) in [5.74, 6) is 1.91. The van der Waals surface area contributed by atoms with Crippen LogP contribution in [-0.4, -0.2) is 64.5 Å². The molecule has 1 saturated heterocycles. The summed E-state index contributed by atoms with van der Waals surface area (Å²) in [7, 11) is 0. The van der Waals surface area contributed by atoms with Gasteiger partial charge in [-0.05, 0) is 25.1 Å². The standard InChI is InChI=1S/C22H23Cl2N5O4/c1-14-10-19(27-33-14)26-20(30)13-28-6-8-29(9-7-28)22(31)5-4-21-25-12-18(32-21)16-3-2-15(23)11-17(16)24/h2-3,10-12H,4-9,13H2,1H3,(H,26,27,30). The van der Waals surface area contributed by atoms with Crippen LogP contribution in [0.4, 0.5) is 5.82 Å². The zero-order valence-corrected chi connectivity index (χ0v) is 19.5. The SMILES string of the molecule is Cc1cc(NC(=O)CN2CCN(C(=O)CCc3ncc(-c4ccc(Cl)cc4Cl)o3)CC2)no1. The summed E-state index contributed by atoms with van der Waals surface area (Å²) < 4.78 is 10.7. The van der Waals surface area contributed by atoms with E-state index in [1.165, 1.54) is 0 Å². The highest BCUT2D eigenvalue weighted by molar-refractivity contribution is 6.36. The van der Waals surface area contributed by atoms with Gasteiger partial charge in [0.15, 0.2) is 17.5 Å². The third-order valence-corrected chi connectivity index (χ3v) is 5.84. The summed E-state index contributed by atoms with van der Waals surface area (Å²) in [6.45, 7) is 4.36. The van der Waals surface area contributed by atoms with Crippen molar-refractivity contribution in [1.82, 2.24) is 19.9 Å². The van der Waals surface area contributed by atoms with Gasteiger partial charge in [0.25, 0.3) is 0 Å². The number of hydrogen-bond acceptors (Lipinski definition) is 7. The zero-order valence-electron chi connectivity index (χ0n) is 18.0. The molecule has 0 unspecified atom stereocenters. The lowest BCUT2D eigenvalue weighted by Gasteiger charge is -2.34. The monoisotopic (exact) mass is 491 g/mol. The fourth-order valence-electron chi connectivity index (χ4n) is 3.58.